The van der Waals surface area contributed by atoms with Gasteiger partial charge in [0.05, 0.1) is 0 Å². The summed E-state index contributed by atoms with van der Waals surface area (Å²) in [6, 6.07) is 7.88. The molecule has 0 aromatic heterocycles. The van der Waals surface area contributed by atoms with Crippen LogP contribution in [-0.2, 0) is 14.8 Å². The molecule has 1 atom stereocenters. The summed E-state index contributed by atoms with van der Waals surface area (Å²) < 4.78 is 29.8. The number of nitrogens with one attached hydrogen (secondary N) is 1. The van der Waals surface area contributed by atoms with Crippen molar-refractivity contribution in [2.45, 2.75) is 65.8 Å². The Morgan fingerprint density at radius 1 is 1.17 bits per heavy atom. The zero-order chi connectivity index (χ0) is 22.1. The standard InChI is InChI=1S/C23H33N3O3S/c1-6-16(4)24-23(27)20-11-13-26(14-12-20)22-17(5)21(30(28,29)25-22)19-9-7-18(8-10-19)15(2)3/h7-10,15-16,20H,6,11-14H2,1-5H3,(H,24,27)/t16-/m1/s1. The van der Waals surface area contributed by atoms with Gasteiger partial charge >= 0.3 is 0 Å². The first-order valence-corrected chi connectivity index (χ1v) is 12.3. The molecule has 1 amide bonds. The van der Waals surface area contributed by atoms with Crippen LogP contribution in [0.3, 0.4) is 0 Å². The quantitative estimate of drug-likeness (QED) is 0.767. The summed E-state index contributed by atoms with van der Waals surface area (Å²) in [7, 11) is -3.72. The number of sulfonamides is 1. The van der Waals surface area contributed by atoms with Crippen molar-refractivity contribution < 1.29 is 13.2 Å². The maximum absolute atomic E-state index is 12.8. The number of rotatable bonds is 5. The Labute approximate surface area is 180 Å². The van der Waals surface area contributed by atoms with E-state index in [1.54, 1.807) is 0 Å². The van der Waals surface area contributed by atoms with Crippen LogP contribution in [0.2, 0.25) is 0 Å². The third-order valence-corrected chi connectivity index (χ3v) is 7.62. The van der Waals surface area contributed by atoms with E-state index in [1.165, 1.54) is 5.56 Å². The lowest BCUT2D eigenvalue weighted by atomic mass is 9.94. The molecule has 1 aromatic rings. The molecule has 6 nitrogen and oxygen atoms in total. The largest absolute Gasteiger partial charge is 0.356 e. The van der Waals surface area contributed by atoms with E-state index in [4.69, 9.17) is 0 Å². The molecule has 1 N–H and O–H groups in total. The van der Waals surface area contributed by atoms with Crippen LogP contribution < -0.4 is 5.32 Å². The van der Waals surface area contributed by atoms with Gasteiger partial charge in [-0.05, 0) is 50.2 Å². The van der Waals surface area contributed by atoms with Crippen molar-refractivity contribution in [1.82, 2.24) is 10.2 Å². The van der Waals surface area contributed by atoms with E-state index in [0.29, 0.717) is 53.7 Å². The van der Waals surface area contributed by atoms with E-state index in [-0.39, 0.29) is 17.9 Å². The van der Waals surface area contributed by atoms with Gasteiger partial charge in [-0.3, -0.25) is 4.79 Å². The van der Waals surface area contributed by atoms with Crippen LogP contribution in [0.4, 0.5) is 0 Å². The number of carbonyl (C=O) groups is 1. The lowest BCUT2D eigenvalue weighted by Gasteiger charge is -2.33. The summed E-state index contributed by atoms with van der Waals surface area (Å²) in [5.74, 6) is 0.989. The van der Waals surface area contributed by atoms with Crippen LogP contribution in [0.5, 0.6) is 0 Å². The number of piperidine rings is 1. The summed E-state index contributed by atoms with van der Waals surface area (Å²) in [5, 5.41) is 3.05. The highest BCUT2D eigenvalue weighted by Gasteiger charge is 2.35. The second kappa shape index (κ2) is 8.92. The van der Waals surface area contributed by atoms with Gasteiger partial charge in [0.15, 0.2) is 0 Å². The zero-order valence-electron chi connectivity index (χ0n) is 18.6. The molecule has 0 unspecified atom stereocenters. The summed E-state index contributed by atoms with van der Waals surface area (Å²) in [5.41, 5.74) is 2.54. The van der Waals surface area contributed by atoms with Crippen LogP contribution in [-0.4, -0.2) is 44.2 Å². The van der Waals surface area contributed by atoms with Crippen LogP contribution in [0.25, 0.3) is 4.91 Å². The Hall–Kier alpha value is -2.15. The number of benzene rings is 1. The molecule has 2 heterocycles. The van der Waals surface area contributed by atoms with Gasteiger partial charge in [-0.15, -0.1) is 4.40 Å². The average Bonchev–Trinajstić information content (AvgIpc) is 2.96. The van der Waals surface area contributed by atoms with Crippen LogP contribution in [0.1, 0.15) is 70.9 Å². The first-order valence-electron chi connectivity index (χ1n) is 10.9. The van der Waals surface area contributed by atoms with E-state index < -0.39 is 10.0 Å². The van der Waals surface area contributed by atoms with Crippen molar-refractivity contribution in [1.29, 1.82) is 0 Å². The van der Waals surface area contributed by atoms with Crippen LogP contribution in [0.15, 0.2) is 34.2 Å². The average molecular weight is 432 g/mol. The van der Waals surface area contributed by atoms with Crippen molar-refractivity contribution in [2.75, 3.05) is 13.1 Å². The number of amides is 1. The van der Waals surface area contributed by atoms with Gasteiger partial charge in [0.2, 0.25) is 5.91 Å². The second-order valence-electron chi connectivity index (χ2n) is 8.70. The van der Waals surface area contributed by atoms with Gasteiger partial charge in [0.1, 0.15) is 10.7 Å². The Morgan fingerprint density at radius 2 is 1.77 bits per heavy atom. The molecule has 7 heteroatoms. The first-order chi connectivity index (χ1) is 14.1. The zero-order valence-corrected chi connectivity index (χ0v) is 19.4. The van der Waals surface area contributed by atoms with Gasteiger partial charge in [-0.25, -0.2) is 0 Å². The molecule has 0 radical (unpaired) electrons. The molecule has 0 spiro atoms. The van der Waals surface area contributed by atoms with Crippen molar-refractivity contribution in [3.8, 4) is 0 Å². The first kappa shape index (κ1) is 22.5. The second-order valence-corrected chi connectivity index (χ2v) is 10.2. The third kappa shape index (κ3) is 4.61. The number of nitrogens with zero attached hydrogens (tertiary/aromatic N) is 2. The number of hydrogen-bond acceptors (Lipinski definition) is 4. The van der Waals surface area contributed by atoms with E-state index >= 15 is 0 Å². The molecule has 1 fully saturated rings. The van der Waals surface area contributed by atoms with Gasteiger partial charge in [0.25, 0.3) is 10.0 Å². The predicted molar refractivity (Wildman–Crippen MR) is 122 cm³/mol. The topological polar surface area (TPSA) is 78.8 Å². The fourth-order valence-corrected chi connectivity index (χ4v) is 5.50. The SMILES string of the molecule is CC[C@@H](C)NC(=O)C1CCN(C2=NS(=O)(=O)C(c3ccc(C(C)C)cc3)=C2C)CC1. The van der Waals surface area contributed by atoms with Gasteiger partial charge < -0.3 is 10.2 Å². The molecule has 2 aliphatic rings. The minimum Gasteiger partial charge on any atom is -0.356 e. The highest BCUT2D eigenvalue weighted by atomic mass is 32.2. The Kier molecular flexibility index (Phi) is 6.70. The molecule has 164 valence electrons. The number of likely N-dealkylation sites (tertiary alicyclic amines) is 1. The van der Waals surface area contributed by atoms with Gasteiger partial charge in [-0.2, -0.15) is 8.42 Å². The van der Waals surface area contributed by atoms with Crippen molar-refractivity contribution in [3.05, 3.63) is 41.0 Å². The fourth-order valence-electron chi connectivity index (χ4n) is 4.02. The Morgan fingerprint density at radius 3 is 2.30 bits per heavy atom. The third-order valence-electron chi connectivity index (χ3n) is 6.15. The van der Waals surface area contributed by atoms with Crippen LogP contribution >= 0.6 is 0 Å². The highest BCUT2D eigenvalue weighted by Crippen LogP contribution is 2.35. The normalized spacial score (nSPS) is 20.5. The maximum Gasteiger partial charge on any atom is 0.285 e. The maximum atomic E-state index is 12.8. The van der Waals surface area contributed by atoms with E-state index in [2.05, 4.69) is 30.5 Å². The predicted octanol–water partition coefficient (Wildman–Crippen LogP) is 3.91. The lowest BCUT2D eigenvalue weighted by molar-refractivity contribution is -0.126. The summed E-state index contributed by atoms with van der Waals surface area (Å²) >= 11 is 0. The molecular weight excluding hydrogens is 398 g/mol. The number of carbonyl (C=O) groups excluding carboxylic acids is 1. The highest BCUT2D eigenvalue weighted by molar-refractivity contribution is 8.00. The summed E-state index contributed by atoms with van der Waals surface area (Å²) in [4.78, 5) is 14.7. The number of hydrogen-bond donors (Lipinski definition) is 1. The molecule has 3 rings (SSSR count). The summed E-state index contributed by atoms with van der Waals surface area (Å²) in [6.07, 6.45) is 2.31. The fraction of sp³-hybridized carbons (Fsp3) is 0.565. The summed E-state index contributed by atoms with van der Waals surface area (Å²) in [6.45, 7) is 11.4. The molecule has 0 aliphatic carbocycles. The Balaban J connectivity index is 1.75. The van der Waals surface area contributed by atoms with E-state index in [1.807, 2.05) is 43.0 Å². The monoisotopic (exact) mass is 431 g/mol. The molecule has 30 heavy (non-hydrogen) atoms. The lowest BCUT2D eigenvalue weighted by Crippen LogP contribution is -2.44. The van der Waals surface area contributed by atoms with Crippen molar-refractivity contribution in [3.63, 3.8) is 0 Å². The molecule has 1 aromatic carbocycles. The van der Waals surface area contributed by atoms with Gasteiger partial charge in [-0.1, -0.05) is 45.0 Å². The van der Waals surface area contributed by atoms with Crippen molar-refractivity contribution in [2.24, 2.45) is 10.3 Å². The molecule has 0 saturated carbocycles. The Bertz CT molecular complexity index is 954. The minimum atomic E-state index is -3.72. The van der Waals surface area contributed by atoms with Crippen LogP contribution in [0, 0.1) is 5.92 Å². The smallest absolute Gasteiger partial charge is 0.285 e. The van der Waals surface area contributed by atoms with Gasteiger partial charge in [0, 0.05) is 30.6 Å². The molecule has 2 aliphatic heterocycles. The molecule has 1 saturated heterocycles. The minimum absolute atomic E-state index is 0.0267. The van der Waals surface area contributed by atoms with E-state index in [9.17, 15) is 13.2 Å². The number of amidine groups is 1. The van der Waals surface area contributed by atoms with E-state index in [0.717, 1.165) is 6.42 Å². The molecule has 0 bridgehead atoms. The van der Waals surface area contributed by atoms with Crippen molar-refractivity contribution >= 4 is 26.7 Å². The molecular formula is C23H33N3O3S.